The molecule has 6 heteroatoms. The lowest BCUT2D eigenvalue weighted by Gasteiger charge is -2.08. The number of nitrogens with one attached hydrogen (secondary N) is 2. The van der Waals surface area contributed by atoms with E-state index in [1.807, 2.05) is 54.6 Å². The summed E-state index contributed by atoms with van der Waals surface area (Å²) in [6.45, 7) is 0.406. The molecule has 3 aromatic carbocycles. The second kappa shape index (κ2) is 9.98. The fraction of sp³-hybridized carbons (Fsp3) is 0.0435. The van der Waals surface area contributed by atoms with Crippen LogP contribution in [0.15, 0.2) is 90.6 Å². The standard InChI is InChI=1S/C23H18ClN3O2/c24-22-9-5-4-6-17(22)15-26-16-18(14-25)23(28)27-19-10-12-21(13-11-19)29-20-7-2-1-3-8-20/h1-13,16,26H,15H2,(H,27,28)/b18-16-. The summed E-state index contributed by atoms with van der Waals surface area (Å²) in [5.41, 5.74) is 1.39. The van der Waals surface area contributed by atoms with Crippen LogP contribution < -0.4 is 15.4 Å². The van der Waals surface area contributed by atoms with E-state index in [0.29, 0.717) is 23.0 Å². The van der Waals surface area contributed by atoms with E-state index < -0.39 is 5.91 Å². The Bertz CT molecular complexity index is 1040. The van der Waals surface area contributed by atoms with Crippen molar-refractivity contribution in [3.8, 4) is 17.6 Å². The van der Waals surface area contributed by atoms with Crippen LogP contribution in [0.3, 0.4) is 0 Å². The molecule has 2 N–H and O–H groups in total. The molecular weight excluding hydrogens is 386 g/mol. The van der Waals surface area contributed by atoms with Gasteiger partial charge in [-0.2, -0.15) is 5.26 Å². The molecule has 0 aliphatic carbocycles. The van der Waals surface area contributed by atoms with Crippen molar-refractivity contribution < 1.29 is 9.53 Å². The van der Waals surface area contributed by atoms with E-state index in [1.54, 1.807) is 30.3 Å². The van der Waals surface area contributed by atoms with Crippen LogP contribution in [0.25, 0.3) is 0 Å². The maximum atomic E-state index is 12.3. The Labute approximate surface area is 174 Å². The molecule has 0 aliphatic rings. The van der Waals surface area contributed by atoms with Gasteiger partial charge in [-0.3, -0.25) is 4.79 Å². The number of carbonyl (C=O) groups excluding carboxylic acids is 1. The molecule has 1 amide bonds. The first-order chi connectivity index (χ1) is 14.2. The molecule has 0 saturated heterocycles. The van der Waals surface area contributed by atoms with E-state index in [4.69, 9.17) is 16.3 Å². The van der Waals surface area contributed by atoms with Gasteiger partial charge in [-0.25, -0.2) is 0 Å². The normalized spacial score (nSPS) is 10.7. The Kier molecular flexibility index (Phi) is 6.88. The van der Waals surface area contributed by atoms with Crippen molar-refractivity contribution >= 4 is 23.2 Å². The van der Waals surface area contributed by atoms with Crippen molar-refractivity contribution in [3.63, 3.8) is 0 Å². The van der Waals surface area contributed by atoms with Crippen molar-refractivity contribution in [1.29, 1.82) is 5.26 Å². The summed E-state index contributed by atoms with van der Waals surface area (Å²) in [4.78, 5) is 12.3. The molecule has 0 spiro atoms. The zero-order chi connectivity index (χ0) is 20.5. The average Bonchev–Trinajstić information content (AvgIpc) is 2.74. The van der Waals surface area contributed by atoms with Crippen molar-refractivity contribution in [2.45, 2.75) is 6.54 Å². The molecule has 29 heavy (non-hydrogen) atoms. The Morgan fingerprint density at radius 3 is 2.31 bits per heavy atom. The van der Waals surface area contributed by atoms with E-state index >= 15 is 0 Å². The van der Waals surface area contributed by atoms with Crippen LogP contribution in [0.4, 0.5) is 5.69 Å². The van der Waals surface area contributed by atoms with Crippen molar-refractivity contribution in [2.75, 3.05) is 5.32 Å². The first-order valence-electron chi connectivity index (χ1n) is 8.87. The van der Waals surface area contributed by atoms with Gasteiger partial charge in [0.05, 0.1) is 0 Å². The molecule has 5 nitrogen and oxygen atoms in total. The van der Waals surface area contributed by atoms with E-state index in [9.17, 15) is 10.1 Å². The van der Waals surface area contributed by atoms with Crippen LogP contribution in [-0.4, -0.2) is 5.91 Å². The fourth-order valence-corrected chi connectivity index (χ4v) is 2.69. The van der Waals surface area contributed by atoms with Gasteiger partial charge < -0.3 is 15.4 Å². The number of hydrogen-bond acceptors (Lipinski definition) is 4. The van der Waals surface area contributed by atoms with Crippen LogP contribution >= 0.6 is 11.6 Å². The van der Waals surface area contributed by atoms with Gasteiger partial charge in [-0.15, -0.1) is 0 Å². The highest BCUT2D eigenvalue weighted by Gasteiger charge is 2.09. The molecule has 0 heterocycles. The number of para-hydroxylation sites is 1. The predicted octanol–water partition coefficient (Wildman–Crippen LogP) is 5.27. The molecule has 0 atom stereocenters. The van der Waals surface area contributed by atoms with Crippen molar-refractivity contribution in [2.24, 2.45) is 0 Å². The van der Waals surface area contributed by atoms with Gasteiger partial charge in [0.2, 0.25) is 0 Å². The van der Waals surface area contributed by atoms with Gasteiger partial charge in [0.25, 0.3) is 5.91 Å². The van der Waals surface area contributed by atoms with Gasteiger partial charge in [0, 0.05) is 23.5 Å². The topological polar surface area (TPSA) is 74.2 Å². The molecule has 0 bridgehead atoms. The van der Waals surface area contributed by atoms with Gasteiger partial charge in [0.15, 0.2) is 0 Å². The van der Waals surface area contributed by atoms with Crippen LogP contribution in [0.1, 0.15) is 5.56 Å². The molecule has 0 fully saturated rings. The minimum atomic E-state index is -0.504. The maximum absolute atomic E-state index is 12.3. The Morgan fingerprint density at radius 1 is 0.966 bits per heavy atom. The molecule has 0 aromatic heterocycles. The van der Waals surface area contributed by atoms with Crippen LogP contribution in [0.5, 0.6) is 11.5 Å². The Balaban J connectivity index is 1.57. The van der Waals surface area contributed by atoms with E-state index in [0.717, 1.165) is 11.3 Å². The Hall–Kier alpha value is -3.75. The molecule has 0 unspecified atom stereocenters. The third kappa shape index (κ3) is 5.86. The number of halogens is 1. The fourth-order valence-electron chi connectivity index (χ4n) is 2.48. The third-order valence-corrected chi connectivity index (χ3v) is 4.32. The first kappa shape index (κ1) is 20.0. The largest absolute Gasteiger partial charge is 0.457 e. The maximum Gasteiger partial charge on any atom is 0.267 e. The Morgan fingerprint density at radius 2 is 1.62 bits per heavy atom. The number of amides is 1. The monoisotopic (exact) mass is 403 g/mol. The molecule has 0 saturated carbocycles. The van der Waals surface area contributed by atoms with Crippen molar-refractivity contribution in [1.82, 2.24) is 5.32 Å². The molecule has 0 radical (unpaired) electrons. The number of hydrogen-bond donors (Lipinski definition) is 2. The van der Waals surface area contributed by atoms with E-state index in [1.165, 1.54) is 6.20 Å². The first-order valence-corrected chi connectivity index (χ1v) is 9.25. The lowest BCUT2D eigenvalue weighted by Crippen LogP contribution is -2.16. The number of rotatable bonds is 7. The number of benzene rings is 3. The minimum Gasteiger partial charge on any atom is -0.457 e. The number of ether oxygens (including phenoxy) is 1. The highest BCUT2D eigenvalue weighted by molar-refractivity contribution is 6.31. The number of nitriles is 1. The zero-order valence-corrected chi connectivity index (χ0v) is 16.2. The lowest BCUT2D eigenvalue weighted by molar-refractivity contribution is -0.112. The summed E-state index contributed by atoms with van der Waals surface area (Å²) in [7, 11) is 0. The highest BCUT2D eigenvalue weighted by atomic mass is 35.5. The summed E-state index contributed by atoms with van der Waals surface area (Å²) >= 11 is 6.09. The summed E-state index contributed by atoms with van der Waals surface area (Å²) in [6.07, 6.45) is 1.38. The summed E-state index contributed by atoms with van der Waals surface area (Å²) in [5.74, 6) is 0.867. The van der Waals surface area contributed by atoms with E-state index in [2.05, 4.69) is 10.6 Å². The lowest BCUT2D eigenvalue weighted by atomic mass is 10.2. The third-order valence-electron chi connectivity index (χ3n) is 3.95. The van der Waals surface area contributed by atoms with Crippen molar-refractivity contribution in [3.05, 3.63) is 101 Å². The van der Waals surface area contributed by atoms with Crippen LogP contribution in [0.2, 0.25) is 5.02 Å². The summed E-state index contributed by atoms with van der Waals surface area (Å²) in [6, 6.07) is 25.6. The quantitative estimate of drug-likeness (QED) is 0.416. The SMILES string of the molecule is N#C/C(=C/NCc1ccccc1Cl)C(=O)Nc1ccc(Oc2ccccc2)cc1. The zero-order valence-electron chi connectivity index (χ0n) is 15.4. The smallest absolute Gasteiger partial charge is 0.267 e. The average molecular weight is 404 g/mol. The molecule has 3 rings (SSSR count). The summed E-state index contributed by atoms with van der Waals surface area (Å²) in [5, 5.41) is 15.5. The van der Waals surface area contributed by atoms with Gasteiger partial charge in [-0.05, 0) is 48.0 Å². The number of anilines is 1. The van der Waals surface area contributed by atoms with Crippen LogP contribution in [-0.2, 0) is 11.3 Å². The van der Waals surface area contributed by atoms with Gasteiger partial charge in [0.1, 0.15) is 23.1 Å². The molecular formula is C23H18ClN3O2. The highest BCUT2D eigenvalue weighted by Crippen LogP contribution is 2.22. The number of carbonyl (C=O) groups is 1. The number of nitrogens with zero attached hydrogens (tertiary/aromatic N) is 1. The minimum absolute atomic E-state index is 0.0401. The molecule has 0 aliphatic heterocycles. The van der Waals surface area contributed by atoms with Gasteiger partial charge in [-0.1, -0.05) is 48.0 Å². The van der Waals surface area contributed by atoms with Crippen LogP contribution in [0, 0.1) is 11.3 Å². The second-order valence-corrected chi connectivity index (χ2v) is 6.44. The second-order valence-electron chi connectivity index (χ2n) is 6.04. The summed E-state index contributed by atoms with van der Waals surface area (Å²) < 4.78 is 5.71. The molecule has 3 aromatic rings. The van der Waals surface area contributed by atoms with Gasteiger partial charge >= 0.3 is 0 Å². The van der Waals surface area contributed by atoms with E-state index in [-0.39, 0.29) is 5.57 Å². The molecule has 144 valence electrons. The predicted molar refractivity (Wildman–Crippen MR) is 114 cm³/mol.